The molecule has 7 nitrogen and oxygen atoms in total. The van der Waals surface area contributed by atoms with Crippen LogP contribution >= 0.6 is 23.4 Å². The number of aromatic nitrogens is 2. The van der Waals surface area contributed by atoms with E-state index < -0.39 is 5.92 Å². The van der Waals surface area contributed by atoms with E-state index in [4.69, 9.17) is 21.1 Å². The molecule has 9 heteroatoms. The van der Waals surface area contributed by atoms with Crippen LogP contribution in [0.15, 0.2) is 52.4 Å². The maximum absolute atomic E-state index is 13.1. The van der Waals surface area contributed by atoms with E-state index in [-0.39, 0.29) is 24.0 Å². The van der Waals surface area contributed by atoms with Crippen molar-refractivity contribution < 1.29 is 14.3 Å². The molecule has 0 radical (unpaired) electrons. The van der Waals surface area contributed by atoms with Gasteiger partial charge in [0.15, 0.2) is 16.7 Å². The molecule has 2 N–H and O–H groups in total. The number of nitrogens with zero attached hydrogens (tertiary/aromatic N) is 1. The van der Waals surface area contributed by atoms with Crippen LogP contribution in [-0.2, 0) is 10.5 Å². The molecule has 172 valence electrons. The van der Waals surface area contributed by atoms with Crippen molar-refractivity contribution in [1.29, 1.82) is 0 Å². The van der Waals surface area contributed by atoms with Crippen LogP contribution in [0.5, 0.6) is 11.5 Å². The lowest BCUT2D eigenvalue weighted by Crippen LogP contribution is -2.31. The number of H-pyrrole nitrogens is 1. The molecule has 4 rings (SSSR count). The Morgan fingerprint density at radius 2 is 1.91 bits per heavy atom. The number of ether oxygens (including phenoxy) is 2. The molecule has 1 aliphatic rings. The number of carbonyl (C=O) groups is 1. The molecule has 0 aliphatic carbocycles. The van der Waals surface area contributed by atoms with Gasteiger partial charge in [-0.15, -0.1) is 0 Å². The summed E-state index contributed by atoms with van der Waals surface area (Å²) < 4.78 is 11.3. The van der Waals surface area contributed by atoms with Crippen molar-refractivity contribution in [3.63, 3.8) is 0 Å². The molecule has 0 unspecified atom stereocenters. The predicted molar refractivity (Wildman–Crippen MR) is 130 cm³/mol. The van der Waals surface area contributed by atoms with Gasteiger partial charge in [0.1, 0.15) is 5.82 Å². The van der Waals surface area contributed by atoms with Crippen molar-refractivity contribution in [2.24, 2.45) is 0 Å². The van der Waals surface area contributed by atoms with Crippen LogP contribution < -0.4 is 20.3 Å². The normalized spacial score (nSPS) is 15.2. The number of aromatic amines is 1. The van der Waals surface area contributed by atoms with Crippen LogP contribution in [0.4, 0.5) is 5.82 Å². The number of methoxy groups -OCH3 is 1. The minimum Gasteiger partial charge on any atom is -0.493 e. The minimum absolute atomic E-state index is 0.0122. The Kier molecular flexibility index (Phi) is 6.95. The second kappa shape index (κ2) is 9.89. The zero-order valence-electron chi connectivity index (χ0n) is 18.5. The highest BCUT2D eigenvalue weighted by Crippen LogP contribution is 2.38. The molecule has 1 amide bonds. The smallest absolute Gasteiger partial charge is 0.257 e. The van der Waals surface area contributed by atoms with Crippen LogP contribution in [0.1, 0.15) is 42.9 Å². The van der Waals surface area contributed by atoms with Crippen molar-refractivity contribution in [1.82, 2.24) is 9.97 Å². The van der Waals surface area contributed by atoms with Gasteiger partial charge in [0.05, 0.1) is 18.8 Å². The minimum atomic E-state index is -0.442. The van der Waals surface area contributed by atoms with E-state index in [1.807, 2.05) is 50.2 Å². The van der Waals surface area contributed by atoms with Crippen molar-refractivity contribution >= 4 is 35.1 Å². The van der Waals surface area contributed by atoms with Gasteiger partial charge in [-0.2, -0.15) is 0 Å². The van der Waals surface area contributed by atoms with Crippen LogP contribution in [0.25, 0.3) is 0 Å². The fraction of sp³-hybridized carbons (Fsp3) is 0.292. The Balaban J connectivity index is 1.64. The summed E-state index contributed by atoms with van der Waals surface area (Å²) in [4.78, 5) is 32.9. The van der Waals surface area contributed by atoms with E-state index in [9.17, 15) is 9.59 Å². The summed E-state index contributed by atoms with van der Waals surface area (Å²) in [5.41, 5.74) is 1.99. The molecular formula is C24H24ClN3O4S. The van der Waals surface area contributed by atoms with Gasteiger partial charge in [0.25, 0.3) is 5.56 Å². The second-order valence-corrected chi connectivity index (χ2v) is 9.33. The van der Waals surface area contributed by atoms with Gasteiger partial charge < -0.3 is 19.8 Å². The number of halogens is 1. The maximum Gasteiger partial charge on any atom is 0.257 e. The first-order valence-corrected chi connectivity index (χ1v) is 11.9. The third-order valence-electron chi connectivity index (χ3n) is 5.17. The Morgan fingerprint density at radius 3 is 2.61 bits per heavy atom. The lowest BCUT2D eigenvalue weighted by molar-refractivity contribution is -0.116. The van der Waals surface area contributed by atoms with Gasteiger partial charge in [-0.05, 0) is 49.2 Å². The lowest BCUT2D eigenvalue weighted by Gasteiger charge is -2.25. The molecule has 0 spiro atoms. The summed E-state index contributed by atoms with van der Waals surface area (Å²) in [5, 5.41) is 3.86. The number of thioether (sulfide) groups is 1. The first-order chi connectivity index (χ1) is 15.8. The number of hydrogen-bond donors (Lipinski definition) is 2. The van der Waals surface area contributed by atoms with Gasteiger partial charge in [-0.1, -0.05) is 41.6 Å². The van der Waals surface area contributed by atoms with Crippen LogP contribution in [0.3, 0.4) is 0 Å². The number of carbonyl (C=O) groups excluding carboxylic acids is 1. The Morgan fingerprint density at radius 1 is 1.15 bits per heavy atom. The van der Waals surface area contributed by atoms with Gasteiger partial charge in [-0.3, -0.25) is 9.59 Å². The molecule has 0 fully saturated rings. The average molecular weight is 486 g/mol. The van der Waals surface area contributed by atoms with E-state index >= 15 is 0 Å². The van der Waals surface area contributed by atoms with E-state index in [0.717, 1.165) is 11.1 Å². The highest BCUT2D eigenvalue weighted by molar-refractivity contribution is 7.98. The zero-order chi connectivity index (χ0) is 23.5. The van der Waals surface area contributed by atoms with E-state index in [1.54, 1.807) is 13.2 Å². The number of hydrogen-bond acceptors (Lipinski definition) is 6. The van der Waals surface area contributed by atoms with E-state index in [0.29, 0.717) is 38.8 Å². The molecule has 2 heterocycles. The monoisotopic (exact) mass is 485 g/mol. The fourth-order valence-electron chi connectivity index (χ4n) is 3.69. The lowest BCUT2D eigenvalue weighted by atomic mass is 9.86. The molecule has 0 saturated heterocycles. The number of rotatable bonds is 7. The quantitative estimate of drug-likeness (QED) is 0.362. The van der Waals surface area contributed by atoms with Crippen LogP contribution in [0, 0.1) is 0 Å². The molecule has 1 aromatic heterocycles. The van der Waals surface area contributed by atoms with Crippen molar-refractivity contribution in [3.05, 3.63) is 74.5 Å². The SMILES string of the molecule is COc1cc([C@@H]2CC(=O)Nc3nc(SCc4ccc(Cl)cc4)[nH]c(=O)c32)ccc1OC(C)C. The van der Waals surface area contributed by atoms with Crippen molar-refractivity contribution in [3.8, 4) is 11.5 Å². The van der Waals surface area contributed by atoms with Gasteiger partial charge in [0, 0.05) is 23.1 Å². The summed E-state index contributed by atoms with van der Waals surface area (Å²) in [6.07, 6.45) is 0.129. The number of nitrogens with one attached hydrogen (secondary N) is 2. The third kappa shape index (κ3) is 5.34. The second-order valence-electron chi connectivity index (χ2n) is 7.93. The summed E-state index contributed by atoms with van der Waals surface area (Å²) >= 11 is 7.32. The average Bonchev–Trinajstić information content (AvgIpc) is 2.77. The van der Waals surface area contributed by atoms with Crippen molar-refractivity contribution in [2.45, 2.75) is 43.2 Å². The van der Waals surface area contributed by atoms with E-state index in [1.165, 1.54) is 11.8 Å². The fourth-order valence-corrected chi connectivity index (χ4v) is 4.63. The molecule has 0 saturated carbocycles. The molecule has 2 aromatic carbocycles. The number of benzene rings is 2. The van der Waals surface area contributed by atoms with Crippen LogP contribution in [0.2, 0.25) is 5.02 Å². The molecule has 1 aliphatic heterocycles. The molecule has 0 bridgehead atoms. The Labute approximate surface area is 200 Å². The van der Waals surface area contributed by atoms with E-state index in [2.05, 4.69) is 15.3 Å². The predicted octanol–water partition coefficient (Wildman–Crippen LogP) is 4.99. The van der Waals surface area contributed by atoms with Gasteiger partial charge in [-0.25, -0.2) is 4.98 Å². The maximum atomic E-state index is 13.1. The van der Waals surface area contributed by atoms with Crippen molar-refractivity contribution in [2.75, 3.05) is 12.4 Å². The summed E-state index contributed by atoms with van der Waals surface area (Å²) in [7, 11) is 1.56. The summed E-state index contributed by atoms with van der Waals surface area (Å²) in [6.45, 7) is 3.87. The number of amides is 1. The van der Waals surface area contributed by atoms with Crippen LogP contribution in [-0.4, -0.2) is 29.1 Å². The van der Waals surface area contributed by atoms with Gasteiger partial charge in [0.2, 0.25) is 5.91 Å². The first-order valence-electron chi connectivity index (χ1n) is 10.5. The standard InChI is InChI=1S/C24H24ClN3O4S/c1-13(2)32-18-9-6-15(10-19(18)31-3)17-11-20(29)26-22-21(17)23(30)28-24(27-22)33-12-14-4-7-16(25)8-5-14/h4-10,13,17H,11-12H2,1-3H3,(H2,26,27,28,29,30)/t17-/m0/s1. The molecule has 33 heavy (non-hydrogen) atoms. The molecule has 1 atom stereocenters. The molecule has 3 aromatic rings. The zero-order valence-corrected chi connectivity index (χ0v) is 20.0. The number of anilines is 1. The largest absolute Gasteiger partial charge is 0.493 e. The molecular weight excluding hydrogens is 462 g/mol. The Bertz CT molecular complexity index is 1230. The highest BCUT2D eigenvalue weighted by atomic mass is 35.5. The Hall–Kier alpha value is -2.97. The first kappa shape index (κ1) is 23.2. The topological polar surface area (TPSA) is 93.3 Å². The summed E-state index contributed by atoms with van der Waals surface area (Å²) in [6, 6.07) is 12.9. The van der Waals surface area contributed by atoms with Gasteiger partial charge >= 0.3 is 0 Å². The highest BCUT2D eigenvalue weighted by Gasteiger charge is 2.31. The summed E-state index contributed by atoms with van der Waals surface area (Å²) in [5.74, 6) is 1.42. The third-order valence-corrected chi connectivity index (χ3v) is 6.37. The number of fused-ring (bicyclic) bond motifs is 1.